The van der Waals surface area contributed by atoms with Crippen molar-refractivity contribution in [2.75, 3.05) is 19.8 Å². The second-order valence-corrected chi connectivity index (χ2v) is 6.45. The Morgan fingerprint density at radius 3 is 2.79 bits per heavy atom. The van der Waals surface area contributed by atoms with Crippen molar-refractivity contribution in [2.45, 2.75) is 37.8 Å². The minimum Gasteiger partial charge on any atom is -0.394 e. The van der Waals surface area contributed by atoms with Crippen LogP contribution in [0.5, 0.6) is 0 Å². The molecule has 0 saturated heterocycles. The lowest BCUT2D eigenvalue weighted by Crippen LogP contribution is -2.40. The molecule has 0 amide bonds. The third-order valence-electron chi connectivity index (χ3n) is 2.47. The quantitative estimate of drug-likeness (QED) is 0.701. The van der Waals surface area contributed by atoms with Gasteiger partial charge < -0.3 is 9.84 Å². The third-order valence-corrected chi connectivity index (χ3v) is 3.83. The molecule has 0 aliphatic carbocycles. The van der Waals surface area contributed by atoms with Crippen molar-refractivity contribution in [1.82, 2.24) is 14.5 Å². The summed E-state index contributed by atoms with van der Waals surface area (Å²) in [6.45, 7) is 6.35. The van der Waals surface area contributed by atoms with Gasteiger partial charge in [-0.15, -0.1) is 0 Å². The molecule has 1 aromatic heterocycles. The predicted octanol–water partition coefficient (Wildman–Crippen LogP) is -0.0312. The van der Waals surface area contributed by atoms with Crippen LogP contribution in [0.2, 0.25) is 0 Å². The molecule has 1 aromatic rings. The first-order valence-corrected chi connectivity index (χ1v) is 7.56. The van der Waals surface area contributed by atoms with Crippen LogP contribution in [0.4, 0.5) is 0 Å². The van der Waals surface area contributed by atoms with Crippen LogP contribution < -0.4 is 4.72 Å². The number of aliphatic hydroxyl groups excluding tert-OH is 1. The minimum absolute atomic E-state index is 0.0771. The highest BCUT2D eigenvalue weighted by Crippen LogP contribution is 2.11. The van der Waals surface area contributed by atoms with Crippen molar-refractivity contribution in [3.05, 3.63) is 12.4 Å². The van der Waals surface area contributed by atoms with Gasteiger partial charge in [-0.25, -0.2) is 13.1 Å². The second kappa shape index (κ2) is 6.47. The summed E-state index contributed by atoms with van der Waals surface area (Å²) in [5, 5.41) is 12.6. The fourth-order valence-corrected chi connectivity index (χ4v) is 2.65. The fourth-order valence-electron chi connectivity index (χ4n) is 1.50. The molecule has 0 spiro atoms. The zero-order chi connectivity index (χ0) is 14.5. The molecular formula is C11H21N3O4S. The van der Waals surface area contributed by atoms with Crippen molar-refractivity contribution in [3.8, 4) is 0 Å². The largest absolute Gasteiger partial charge is 0.394 e. The van der Waals surface area contributed by atoms with Gasteiger partial charge >= 0.3 is 0 Å². The lowest BCUT2D eigenvalue weighted by Gasteiger charge is -2.24. The Hall–Kier alpha value is -0.960. The van der Waals surface area contributed by atoms with E-state index in [0.29, 0.717) is 6.61 Å². The van der Waals surface area contributed by atoms with Crippen LogP contribution in [0, 0.1) is 0 Å². The molecule has 1 heterocycles. The van der Waals surface area contributed by atoms with Crippen LogP contribution >= 0.6 is 0 Å². The van der Waals surface area contributed by atoms with Gasteiger partial charge in [0.1, 0.15) is 4.90 Å². The summed E-state index contributed by atoms with van der Waals surface area (Å²) in [6, 6.07) is 0. The SMILES string of the molecule is CCOC(C)(C)CNS(=O)(=O)c1cnn(CCO)c1. The monoisotopic (exact) mass is 291 g/mol. The summed E-state index contributed by atoms with van der Waals surface area (Å²) in [7, 11) is -3.60. The summed E-state index contributed by atoms with van der Waals surface area (Å²) in [6.07, 6.45) is 2.64. The molecule has 0 aromatic carbocycles. The molecule has 1 rings (SSSR count). The van der Waals surface area contributed by atoms with E-state index in [1.54, 1.807) is 0 Å². The van der Waals surface area contributed by atoms with Crippen LogP contribution in [0.1, 0.15) is 20.8 Å². The van der Waals surface area contributed by atoms with Gasteiger partial charge in [-0.05, 0) is 20.8 Å². The molecule has 0 unspecified atom stereocenters. The van der Waals surface area contributed by atoms with Crippen LogP contribution in [0.15, 0.2) is 17.3 Å². The summed E-state index contributed by atoms with van der Waals surface area (Å²) in [5.41, 5.74) is -0.567. The maximum atomic E-state index is 12.0. The van der Waals surface area contributed by atoms with E-state index < -0.39 is 15.6 Å². The highest BCUT2D eigenvalue weighted by Gasteiger charge is 2.23. The van der Waals surface area contributed by atoms with Crippen LogP contribution in [0.25, 0.3) is 0 Å². The number of ether oxygens (including phenoxy) is 1. The normalized spacial score (nSPS) is 12.8. The molecule has 0 saturated carbocycles. The number of nitrogens with one attached hydrogen (secondary N) is 1. The average Bonchev–Trinajstić information content (AvgIpc) is 2.77. The molecule has 110 valence electrons. The Balaban J connectivity index is 2.70. The number of sulfonamides is 1. The molecule has 0 aliphatic rings. The molecular weight excluding hydrogens is 270 g/mol. The maximum absolute atomic E-state index is 12.0. The van der Waals surface area contributed by atoms with E-state index in [2.05, 4.69) is 9.82 Å². The Kier molecular flexibility index (Phi) is 5.48. The highest BCUT2D eigenvalue weighted by atomic mass is 32.2. The van der Waals surface area contributed by atoms with Crippen molar-refractivity contribution < 1.29 is 18.3 Å². The minimum atomic E-state index is -3.60. The van der Waals surface area contributed by atoms with Gasteiger partial charge in [0.15, 0.2) is 0 Å². The third kappa shape index (κ3) is 4.90. The Bertz CT molecular complexity index is 496. The van der Waals surface area contributed by atoms with E-state index in [4.69, 9.17) is 9.84 Å². The van der Waals surface area contributed by atoms with Crippen LogP contribution in [-0.4, -0.2) is 48.7 Å². The van der Waals surface area contributed by atoms with E-state index in [-0.39, 0.29) is 24.6 Å². The lowest BCUT2D eigenvalue weighted by atomic mass is 10.1. The summed E-state index contributed by atoms with van der Waals surface area (Å²) in [5.74, 6) is 0. The van der Waals surface area contributed by atoms with Gasteiger partial charge in [-0.3, -0.25) is 4.68 Å². The van der Waals surface area contributed by atoms with Crippen molar-refractivity contribution in [1.29, 1.82) is 0 Å². The van der Waals surface area contributed by atoms with Gasteiger partial charge in [0, 0.05) is 19.3 Å². The van der Waals surface area contributed by atoms with E-state index in [9.17, 15) is 8.42 Å². The Morgan fingerprint density at radius 1 is 1.53 bits per heavy atom. The molecule has 19 heavy (non-hydrogen) atoms. The Morgan fingerprint density at radius 2 is 2.21 bits per heavy atom. The average molecular weight is 291 g/mol. The van der Waals surface area contributed by atoms with E-state index in [1.165, 1.54) is 17.1 Å². The van der Waals surface area contributed by atoms with Crippen molar-refractivity contribution in [2.24, 2.45) is 0 Å². The molecule has 0 fully saturated rings. The molecule has 8 heteroatoms. The Labute approximate surface area is 113 Å². The van der Waals surface area contributed by atoms with Gasteiger partial charge in [0.25, 0.3) is 0 Å². The van der Waals surface area contributed by atoms with E-state index >= 15 is 0 Å². The van der Waals surface area contributed by atoms with Gasteiger partial charge in [0.05, 0.1) is 24.9 Å². The number of nitrogens with zero attached hydrogens (tertiary/aromatic N) is 2. The number of hydrogen-bond acceptors (Lipinski definition) is 5. The zero-order valence-electron chi connectivity index (χ0n) is 11.5. The zero-order valence-corrected chi connectivity index (χ0v) is 12.3. The van der Waals surface area contributed by atoms with Crippen molar-refractivity contribution >= 4 is 10.0 Å². The molecule has 0 bridgehead atoms. The smallest absolute Gasteiger partial charge is 0.243 e. The first kappa shape index (κ1) is 16.1. The van der Waals surface area contributed by atoms with Gasteiger partial charge in [0.2, 0.25) is 10.0 Å². The number of hydrogen-bond donors (Lipinski definition) is 2. The first-order valence-electron chi connectivity index (χ1n) is 6.07. The molecule has 0 atom stereocenters. The molecule has 2 N–H and O–H groups in total. The van der Waals surface area contributed by atoms with Crippen LogP contribution in [-0.2, 0) is 21.3 Å². The summed E-state index contributed by atoms with van der Waals surface area (Å²) in [4.78, 5) is 0.0771. The predicted molar refractivity (Wildman–Crippen MR) is 70.2 cm³/mol. The van der Waals surface area contributed by atoms with E-state index in [1.807, 2.05) is 20.8 Å². The first-order chi connectivity index (χ1) is 8.80. The van der Waals surface area contributed by atoms with E-state index in [0.717, 1.165) is 0 Å². The summed E-state index contributed by atoms with van der Waals surface area (Å²) < 4.78 is 33.3. The molecule has 7 nitrogen and oxygen atoms in total. The van der Waals surface area contributed by atoms with Gasteiger partial charge in [-0.1, -0.05) is 0 Å². The number of aromatic nitrogens is 2. The standard InChI is InChI=1S/C11H21N3O4S/c1-4-18-11(2,3)9-13-19(16,17)10-7-12-14(8-10)5-6-15/h7-8,13,15H,4-6,9H2,1-3H3. The maximum Gasteiger partial charge on any atom is 0.243 e. The molecule has 0 aliphatic heterocycles. The lowest BCUT2D eigenvalue weighted by molar-refractivity contribution is -0.00515. The second-order valence-electron chi connectivity index (χ2n) is 4.68. The number of rotatable bonds is 8. The van der Waals surface area contributed by atoms with Gasteiger partial charge in [-0.2, -0.15) is 5.10 Å². The summed E-state index contributed by atoms with van der Waals surface area (Å²) >= 11 is 0. The number of aliphatic hydroxyl groups is 1. The van der Waals surface area contributed by atoms with Crippen LogP contribution in [0.3, 0.4) is 0 Å². The van der Waals surface area contributed by atoms with Crippen molar-refractivity contribution in [3.63, 3.8) is 0 Å². The molecule has 0 radical (unpaired) electrons. The topological polar surface area (TPSA) is 93.5 Å². The fraction of sp³-hybridized carbons (Fsp3) is 0.727. The highest BCUT2D eigenvalue weighted by molar-refractivity contribution is 7.89.